The first-order chi connectivity index (χ1) is 22.7. The minimum Gasteiger partial charge on any atom is -0.256 e. The van der Waals surface area contributed by atoms with Crippen LogP contribution in [0.5, 0.6) is 0 Å². The molecule has 0 amide bonds. The molecule has 0 spiro atoms. The van der Waals surface area contributed by atoms with Gasteiger partial charge in [0.2, 0.25) is 0 Å². The second-order valence-electron chi connectivity index (χ2n) is 11.3. The Hall–Kier alpha value is -5.93. The molecule has 7 aromatic rings. The lowest BCUT2D eigenvalue weighted by atomic mass is 9.88. The van der Waals surface area contributed by atoms with Gasteiger partial charge in [-0.05, 0) is 77.1 Å². The minimum atomic E-state index is 0.713. The summed E-state index contributed by atoms with van der Waals surface area (Å²) < 4.78 is 0. The fraction of sp³-hybridized carbons (Fsp3) is 0.0465. The number of aryl methyl sites for hydroxylation is 1. The Morgan fingerprint density at radius 1 is 0.522 bits per heavy atom. The van der Waals surface area contributed by atoms with E-state index in [-0.39, 0.29) is 0 Å². The molecule has 3 aromatic heterocycles. The van der Waals surface area contributed by atoms with E-state index in [2.05, 4.69) is 128 Å². The lowest BCUT2D eigenvalue weighted by Gasteiger charge is -2.17. The Labute approximate surface area is 270 Å². The van der Waals surface area contributed by atoms with Crippen LogP contribution in [0, 0.1) is 6.92 Å². The van der Waals surface area contributed by atoms with Gasteiger partial charge in [-0.15, -0.1) is 0 Å². The van der Waals surface area contributed by atoms with Crippen molar-refractivity contribution in [2.75, 3.05) is 0 Å². The summed E-state index contributed by atoms with van der Waals surface area (Å²) in [4.78, 5) is 14.4. The van der Waals surface area contributed by atoms with Gasteiger partial charge in [0.1, 0.15) is 0 Å². The van der Waals surface area contributed by atoms with E-state index in [1.807, 2.05) is 48.9 Å². The number of hydrogen-bond donors (Lipinski definition) is 0. The molecule has 0 unspecified atom stereocenters. The molecule has 4 aromatic carbocycles. The molecule has 3 nitrogen and oxygen atoms in total. The number of rotatable bonds is 8. The molecule has 3 heterocycles. The van der Waals surface area contributed by atoms with Crippen molar-refractivity contribution >= 4 is 11.6 Å². The van der Waals surface area contributed by atoms with E-state index >= 15 is 0 Å². The highest BCUT2D eigenvalue weighted by Crippen LogP contribution is 2.36. The number of benzene rings is 4. The first-order valence-electron chi connectivity index (χ1n) is 15.6. The summed E-state index contributed by atoms with van der Waals surface area (Å²) in [6.07, 6.45) is 8.75. The fourth-order valence-corrected chi connectivity index (χ4v) is 6.05. The molecule has 0 aliphatic rings. The molecular formula is C43H33N3. The van der Waals surface area contributed by atoms with Crippen molar-refractivity contribution in [1.82, 2.24) is 15.0 Å². The van der Waals surface area contributed by atoms with Crippen molar-refractivity contribution in [1.29, 1.82) is 0 Å². The highest BCUT2D eigenvalue weighted by atomic mass is 14.7. The van der Waals surface area contributed by atoms with Crippen LogP contribution in [0.15, 0.2) is 164 Å². The third-order valence-corrected chi connectivity index (χ3v) is 8.32. The average Bonchev–Trinajstić information content (AvgIpc) is 3.13. The van der Waals surface area contributed by atoms with E-state index in [4.69, 9.17) is 15.0 Å². The first-order valence-corrected chi connectivity index (χ1v) is 15.6. The summed E-state index contributed by atoms with van der Waals surface area (Å²) >= 11 is 0. The van der Waals surface area contributed by atoms with Crippen molar-refractivity contribution in [3.05, 3.63) is 186 Å². The van der Waals surface area contributed by atoms with Crippen LogP contribution >= 0.6 is 0 Å². The Balaban J connectivity index is 1.38. The average molecular weight is 592 g/mol. The van der Waals surface area contributed by atoms with Crippen LogP contribution in [0.1, 0.15) is 22.3 Å². The predicted octanol–water partition coefficient (Wildman–Crippen LogP) is 10.6. The highest BCUT2D eigenvalue weighted by molar-refractivity contribution is 5.92. The van der Waals surface area contributed by atoms with Crippen LogP contribution < -0.4 is 0 Å². The van der Waals surface area contributed by atoms with Crippen LogP contribution in [0.25, 0.3) is 56.5 Å². The zero-order valence-electron chi connectivity index (χ0n) is 25.7. The quantitative estimate of drug-likeness (QED) is 0.165. The molecular weight excluding hydrogens is 558 g/mol. The Bertz CT molecular complexity index is 2120. The maximum absolute atomic E-state index is 4.98. The minimum absolute atomic E-state index is 0.713. The fourth-order valence-electron chi connectivity index (χ4n) is 6.05. The second kappa shape index (κ2) is 13.4. The van der Waals surface area contributed by atoms with E-state index in [0.29, 0.717) is 6.42 Å². The normalized spacial score (nSPS) is 11.4. The maximum Gasteiger partial charge on any atom is 0.0711 e. The summed E-state index contributed by atoms with van der Waals surface area (Å²) in [5.41, 5.74) is 14.4. The third kappa shape index (κ3) is 6.17. The van der Waals surface area contributed by atoms with Crippen LogP contribution in [-0.2, 0) is 6.42 Å². The van der Waals surface area contributed by atoms with Gasteiger partial charge in [0.25, 0.3) is 0 Å². The van der Waals surface area contributed by atoms with Gasteiger partial charge in [-0.1, -0.05) is 121 Å². The third-order valence-electron chi connectivity index (χ3n) is 8.32. The molecule has 7 rings (SSSR count). The van der Waals surface area contributed by atoms with Crippen molar-refractivity contribution in [2.24, 2.45) is 0 Å². The first kappa shape index (κ1) is 28.8. The summed E-state index contributed by atoms with van der Waals surface area (Å²) in [6, 6.07) is 50.5. The Morgan fingerprint density at radius 2 is 1.13 bits per heavy atom. The van der Waals surface area contributed by atoms with Gasteiger partial charge in [-0.3, -0.25) is 15.0 Å². The second-order valence-corrected chi connectivity index (χ2v) is 11.3. The van der Waals surface area contributed by atoms with Gasteiger partial charge in [-0.2, -0.15) is 0 Å². The molecule has 0 fully saturated rings. The molecule has 46 heavy (non-hydrogen) atoms. The summed E-state index contributed by atoms with van der Waals surface area (Å²) in [5, 5.41) is 0. The van der Waals surface area contributed by atoms with Crippen LogP contribution in [0.4, 0.5) is 0 Å². The van der Waals surface area contributed by atoms with Crippen molar-refractivity contribution in [3.63, 3.8) is 0 Å². The molecule has 220 valence electrons. The number of hydrogen-bond acceptors (Lipinski definition) is 3. The molecule has 0 aliphatic carbocycles. The molecule has 0 saturated heterocycles. The van der Waals surface area contributed by atoms with Gasteiger partial charge < -0.3 is 0 Å². The zero-order chi connectivity index (χ0) is 31.1. The van der Waals surface area contributed by atoms with E-state index in [1.54, 1.807) is 0 Å². The van der Waals surface area contributed by atoms with Gasteiger partial charge in [0.05, 0.1) is 17.1 Å². The monoisotopic (exact) mass is 591 g/mol. The largest absolute Gasteiger partial charge is 0.256 e. The van der Waals surface area contributed by atoms with E-state index in [9.17, 15) is 0 Å². The van der Waals surface area contributed by atoms with E-state index in [0.717, 1.165) is 50.5 Å². The predicted molar refractivity (Wildman–Crippen MR) is 191 cm³/mol. The van der Waals surface area contributed by atoms with E-state index in [1.165, 1.54) is 22.3 Å². The lowest BCUT2D eigenvalue weighted by Crippen LogP contribution is -1.99. The van der Waals surface area contributed by atoms with Crippen molar-refractivity contribution < 1.29 is 0 Å². The number of pyridine rings is 3. The van der Waals surface area contributed by atoms with Gasteiger partial charge in [0, 0.05) is 40.8 Å². The summed E-state index contributed by atoms with van der Waals surface area (Å²) in [5.74, 6) is 0. The van der Waals surface area contributed by atoms with Gasteiger partial charge in [-0.25, -0.2) is 0 Å². The summed E-state index contributed by atoms with van der Waals surface area (Å²) in [6.45, 7) is 2.16. The smallest absolute Gasteiger partial charge is 0.0711 e. The lowest BCUT2D eigenvalue weighted by molar-refractivity contribution is 1.25. The molecule has 3 heteroatoms. The number of nitrogens with zero attached hydrogens (tertiary/aromatic N) is 3. The molecule has 0 saturated carbocycles. The molecule has 0 radical (unpaired) electrons. The maximum atomic E-state index is 4.98. The Kier molecular flexibility index (Phi) is 8.38. The standard InChI is InChI=1S/C43H33N3/c1-31-27-43(46-30-40(31)32-15-3-2-4-16-32)38-21-8-6-18-34(38)29-35(36-19-9-10-22-39(36)42-24-12-14-26-45-42)28-33-17-5-7-20-37(33)41-23-11-13-25-44-41/h2-27,29-30H,28H2,1H3/b35-29-. The van der Waals surface area contributed by atoms with E-state index < -0.39 is 0 Å². The zero-order valence-corrected chi connectivity index (χ0v) is 25.7. The molecule has 0 atom stereocenters. The molecule has 0 bridgehead atoms. The molecule has 0 aliphatic heterocycles. The van der Waals surface area contributed by atoms with Crippen LogP contribution in [-0.4, -0.2) is 15.0 Å². The Morgan fingerprint density at radius 3 is 1.85 bits per heavy atom. The van der Waals surface area contributed by atoms with Crippen molar-refractivity contribution in [2.45, 2.75) is 13.3 Å². The number of allylic oxidation sites excluding steroid dienone is 1. The van der Waals surface area contributed by atoms with Gasteiger partial charge >= 0.3 is 0 Å². The SMILES string of the molecule is Cc1cc(-c2ccccc2/C=C(/Cc2ccccc2-c2ccccn2)c2ccccc2-c2ccccn2)ncc1-c1ccccc1. The number of aromatic nitrogens is 3. The van der Waals surface area contributed by atoms with Crippen LogP contribution in [0.3, 0.4) is 0 Å². The van der Waals surface area contributed by atoms with Crippen LogP contribution in [0.2, 0.25) is 0 Å². The summed E-state index contributed by atoms with van der Waals surface area (Å²) in [7, 11) is 0. The van der Waals surface area contributed by atoms with Crippen molar-refractivity contribution in [3.8, 4) is 44.9 Å². The molecule has 0 N–H and O–H groups in total. The van der Waals surface area contributed by atoms with Gasteiger partial charge in [0.15, 0.2) is 0 Å². The topological polar surface area (TPSA) is 38.7 Å². The highest BCUT2D eigenvalue weighted by Gasteiger charge is 2.16.